The van der Waals surface area contributed by atoms with Crippen LogP contribution in [0.5, 0.6) is 17.2 Å². The van der Waals surface area contributed by atoms with Gasteiger partial charge in [-0.25, -0.2) is 0 Å². The number of rotatable bonds is 7. The molecule has 7 atom stereocenters. The number of aromatic amines is 1. The van der Waals surface area contributed by atoms with E-state index < -0.39 is 0 Å². The van der Waals surface area contributed by atoms with Crippen molar-refractivity contribution in [2.75, 3.05) is 19.1 Å². The number of ether oxygens (including phenoxy) is 3. The lowest BCUT2D eigenvalue weighted by molar-refractivity contribution is -0.123. The topological polar surface area (TPSA) is 97.9 Å². The summed E-state index contributed by atoms with van der Waals surface area (Å²) in [6.07, 6.45) is 0.830. The third-order valence-corrected chi connectivity index (χ3v) is 12.7. The van der Waals surface area contributed by atoms with Crippen molar-refractivity contribution in [2.45, 2.75) is 36.1 Å². The van der Waals surface area contributed by atoms with Crippen LogP contribution in [0.15, 0.2) is 76.6 Å². The number of carbonyl (C=O) groups excluding carboxylic acids is 2. The number of amides is 2. The number of hydrogen-bond acceptors (Lipinski definition) is 8. The Hall–Kier alpha value is -4.02. The molecule has 2 bridgehead atoms. The van der Waals surface area contributed by atoms with Crippen molar-refractivity contribution in [3.8, 4) is 17.2 Å². The normalized spacial score (nSPS) is 27.7. The van der Waals surface area contributed by atoms with E-state index in [1.807, 2.05) is 12.1 Å². The summed E-state index contributed by atoms with van der Waals surface area (Å²) >= 11 is 2.93. The number of nitrogens with zero attached hydrogens (tertiary/aromatic N) is 1. The molecule has 0 unspecified atom stereocenters. The summed E-state index contributed by atoms with van der Waals surface area (Å²) in [6.45, 7) is 2.47. The average molecular weight is 641 g/mol. The van der Waals surface area contributed by atoms with E-state index in [9.17, 15) is 14.4 Å². The van der Waals surface area contributed by atoms with E-state index in [4.69, 9.17) is 14.2 Å². The molecule has 0 spiro atoms. The minimum Gasteiger partial charge on any atom is -0.497 e. The highest BCUT2D eigenvalue weighted by Gasteiger charge is 2.69. The smallest absolute Gasteiger partial charge is 0.305 e. The van der Waals surface area contributed by atoms with Gasteiger partial charge in [0.05, 0.1) is 36.8 Å². The maximum atomic E-state index is 14.0. The Morgan fingerprint density at radius 3 is 2.31 bits per heavy atom. The Bertz CT molecular complexity index is 1870. The Morgan fingerprint density at radius 2 is 1.60 bits per heavy atom. The Morgan fingerprint density at radius 1 is 0.867 bits per heavy atom. The molecule has 0 radical (unpaired) electrons. The zero-order chi connectivity index (χ0) is 31.0. The number of thiazole rings is 1. The number of aromatic nitrogens is 1. The lowest BCUT2D eigenvalue weighted by Gasteiger charge is -2.43. The standard InChI is InChI=1S/C35H32N2O6S2/c1-17-4-6-18(7-5-17)16-43-24-13-8-19(14-25(24)42-3)26-27-22-15-23(30(27)44-32-31(26)45-35(40)36-32)29-28(22)33(38)37(34(29)39)20-9-11-21(41-2)12-10-20/h4-14,22-23,26-30H,15-16H2,1-3H3,(H,36,40)/t22-,23-,26+,27+,28+,29+,30-/m1/s1. The van der Waals surface area contributed by atoms with Crippen LogP contribution in [0.2, 0.25) is 0 Å². The van der Waals surface area contributed by atoms with Crippen molar-refractivity contribution in [3.63, 3.8) is 0 Å². The number of H-pyrrole nitrogens is 1. The van der Waals surface area contributed by atoms with E-state index >= 15 is 0 Å². The molecule has 1 aromatic heterocycles. The molecular formula is C35H32N2O6S2. The molecule has 2 aliphatic carbocycles. The van der Waals surface area contributed by atoms with Crippen molar-refractivity contribution in [1.82, 2.24) is 4.98 Å². The number of fused-ring (bicyclic) bond motifs is 9. The van der Waals surface area contributed by atoms with Crippen LogP contribution in [-0.4, -0.2) is 36.3 Å². The third kappa shape index (κ3) is 4.44. The quantitative estimate of drug-likeness (QED) is 0.247. The van der Waals surface area contributed by atoms with Crippen molar-refractivity contribution in [1.29, 1.82) is 0 Å². The van der Waals surface area contributed by atoms with Gasteiger partial charge in [-0.1, -0.05) is 47.2 Å². The molecule has 2 amide bonds. The molecule has 4 aromatic rings. The Kier molecular flexibility index (Phi) is 6.83. The monoisotopic (exact) mass is 640 g/mol. The van der Waals surface area contributed by atoms with Gasteiger partial charge >= 0.3 is 4.87 Å². The molecule has 1 saturated heterocycles. The number of aryl methyl sites for hydroxylation is 1. The van der Waals surface area contributed by atoms with Crippen molar-refractivity contribution < 1.29 is 23.8 Å². The summed E-state index contributed by atoms with van der Waals surface area (Å²) in [5, 5.41) is 0.984. The SMILES string of the molecule is COc1ccc(N2C(=O)[C@H]3[C@H]4C[C@@H]([C@@H]3C2=O)[C@H]2[C@H](c3ccc(OCc5ccc(C)cc5)c(OC)c3)c3sc(=O)[nH]c3S[C@H]42)cc1. The molecule has 4 aliphatic rings. The zero-order valence-electron chi connectivity index (χ0n) is 25.0. The zero-order valence-corrected chi connectivity index (χ0v) is 26.7. The molecule has 10 heteroatoms. The number of benzene rings is 3. The fourth-order valence-electron chi connectivity index (χ4n) is 8.22. The Balaban J connectivity index is 1.13. The number of anilines is 1. The first-order valence-electron chi connectivity index (χ1n) is 15.1. The summed E-state index contributed by atoms with van der Waals surface area (Å²) in [5.41, 5.74) is 3.87. The van der Waals surface area contributed by atoms with Gasteiger partial charge in [0, 0.05) is 16.0 Å². The number of imide groups is 1. The predicted octanol–water partition coefficient (Wildman–Crippen LogP) is 6.02. The van der Waals surface area contributed by atoms with Gasteiger partial charge in [0.15, 0.2) is 11.5 Å². The van der Waals surface area contributed by atoms with Crippen LogP contribution in [0.25, 0.3) is 0 Å². The lowest BCUT2D eigenvalue weighted by atomic mass is 9.68. The molecule has 1 N–H and O–H groups in total. The van der Waals surface area contributed by atoms with Crippen LogP contribution >= 0.6 is 23.1 Å². The first kappa shape index (κ1) is 28.5. The van der Waals surface area contributed by atoms with E-state index in [0.717, 1.165) is 27.5 Å². The second-order valence-corrected chi connectivity index (χ2v) is 14.6. The lowest BCUT2D eigenvalue weighted by Crippen LogP contribution is -2.42. The average Bonchev–Trinajstić information content (AvgIpc) is 3.79. The van der Waals surface area contributed by atoms with E-state index in [0.29, 0.717) is 29.5 Å². The Labute approximate surface area is 268 Å². The van der Waals surface area contributed by atoms with Gasteiger partial charge in [0.2, 0.25) is 11.8 Å². The third-order valence-electron chi connectivity index (χ3n) is 10.1. The maximum Gasteiger partial charge on any atom is 0.305 e. The largest absolute Gasteiger partial charge is 0.497 e. The second kappa shape index (κ2) is 10.8. The van der Waals surface area contributed by atoms with E-state index in [2.05, 4.69) is 42.2 Å². The van der Waals surface area contributed by atoms with Crippen LogP contribution in [0.3, 0.4) is 0 Å². The van der Waals surface area contributed by atoms with Gasteiger partial charge in [0.25, 0.3) is 0 Å². The minimum atomic E-state index is -0.370. The van der Waals surface area contributed by atoms with E-state index in [-0.39, 0.29) is 57.4 Å². The molecule has 3 fully saturated rings. The van der Waals surface area contributed by atoms with Gasteiger partial charge < -0.3 is 19.2 Å². The summed E-state index contributed by atoms with van der Waals surface area (Å²) in [4.78, 5) is 46.0. The first-order chi connectivity index (χ1) is 21.9. The summed E-state index contributed by atoms with van der Waals surface area (Å²) in [7, 11) is 3.23. The summed E-state index contributed by atoms with van der Waals surface area (Å²) in [6, 6.07) is 21.4. The van der Waals surface area contributed by atoms with E-state index in [1.165, 1.54) is 21.8 Å². The number of methoxy groups -OCH3 is 2. The number of hydrogen-bond donors (Lipinski definition) is 1. The highest BCUT2D eigenvalue weighted by molar-refractivity contribution is 8.00. The fraction of sp³-hybridized carbons (Fsp3) is 0.343. The van der Waals surface area contributed by atoms with Crippen LogP contribution in [-0.2, 0) is 16.2 Å². The van der Waals surface area contributed by atoms with Gasteiger partial charge in [-0.15, -0.1) is 11.8 Å². The van der Waals surface area contributed by atoms with E-state index in [1.54, 1.807) is 50.2 Å². The molecule has 2 saturated carbocycles. The molecule has 230 valence electrons. The van der Waals surface area contributed by atoms with Crippen LogP contribution < -0.4 is 24.0 Å². The first-order valence-corrected chi connectivity index (χ1v) is 16.8. The molecular weight excluding hydrogens is 609 g/mol. The van der Waals surface area contributed by atoms with Crippen molar-refractivity contribution in [3.05, 3.63) is 98.0 Å². The van der Waals surface area contributed by atoms with Gasteiger partial charge in [-0.2, -0.15) is 0 Å². The van der Waals surface area contributed by atoms with Crippen molar-refractivity contribution in [2.24, 2.45) is 29.6 Å². The highest BCUT2D eigenvalue weighted by atomic mass is 32.2. The van der Waals surface area contributed by atoms with Crippen molar-refractivity contribution >= 4 is 40.6 Å². The molecule has 2 aliphatic heterocycles. The number of carbonyl (C=O) groups is 2. The predicted molar refractivity (Wildman–Crippen MR) is 172 cm³/mol. The molecule has 45 heavy (non-hydrogen) atoms. The highest BCUT2D eigenvalue weighted by Crippen LogP contribution is 2.68. The van der Waals surface area contributed by atoms with Gasteiger partial charge in [-0.05, 0) is 78.6 Å². The van der Waals surface area contributed by atoms with Gasteiger partial charge in [0.1, 0.15) is 12.4 Å². The van der Waals surface area contributed by atoms with Crippen LogP contribution in [0.1, 0.15) is 33.9 Å². The second-order valence-electron chi connectivity index (χ2n) is 12.4. The molecule has 3 aromatic carbocycles. The number of nitrogens with one attached hydrogen (secondary N) is 1. The molecule has 8 nitrogen and oxygen atoms in total. The molecule has 3 heterocycles. The summed E-state index contributed by atoms with van der Waals surface area (Å²) < 4.78 is 17.3. The van der Waals surface area contributed by atoms with Gasteiger partial charge in [-0.3, -0.25) is 19.3 Å². The maximum absolute atomic E-state index is 14.0. The molecule has 8 rings (SSSR count). The minimum absolute atomic E-state index is 0.0241. The van der Waals surface area contributed by atoms with Crippen LogP contribution in [0.4, 0.5) is 5.69 Å². The summed E-state index contributed by atoms with van der Waals surface area (Å²) in [5.74, 6) is 1.05. The van der Waals surface area contributed by atoms with Crippen LogP contribution in [0, 0.1) is 36.5 Å². The number of thioether (sulfide) groups is 1. The fourth-order valence-corrected chi connectivity index (χ4v) is 11.1.